The third-order valence-corrected chi connectivity index (χ3v) is 4.19. The van der Waals surface area contributed by atoms with Crippen LogP contribution in [0.5, 0.6) is 0 Å². The number of hydrogen-bond donors (Lipinski definition) is 2. The predicted molar refractivity (Wildman–Crippen MR) is 79.2 cm³/mol. The van der Waals surface area contributed by atoms with Crippen molar-refractivity contribution in [1.82, 2.24) is 0 Å². The van der Waals surface area contributed by atoms with Gasteiger partial charge in [-0.15, -0.1) is 0 Å². The molecule has 1 aromatic rings. The van der Waals surface area contributed by atoms with Crippen LogP contribution in [0.4, 0.5) is 11.4 Å². The molecule has 0 amide bonds. The number of nitro benzene ring substituents is 1. The molecule has 0 aromatic heterocycles. The lowest BCUT2D eigenvalue weighted by molar-refractivity contribution is -0.384. The fourth-order valence-electron chi connectivity index (χ4n) is 3.00. The van der Waals surface area contributed by atoms with Crippen molar-refractivity contribution in [1.29, 1.82) is 0 Å². The zero-order chi connectivity index (χ0) is 14.8. The minimum absolute atomic E-state index is 0.0306. The molecule has 2 rings (SSSR count). The molecule has 20 heavy (non-hydrogen) atoms. The Morgan fingerprint density at radius 3 is 2.95 bits per heavy atom. The van der Waals surface area contributed by atoms with Crippen LogP contribution in [-0.4, -0.2) is 22.2 Å². The summed E-state index contributed by atoms with van der Waals surface area (Å²) in [4.78, 5) is 10.7. The summed E-state index contributed by atoms with van der Waals surface area (Å²) in [5, 5.41) is 24.4. The van der Waals surface area contributed by atoms with E-state index in [0.29, 0.717) is 16.6 Å². The van der Waals surface area contributed by atoms with Crippen LogP contribution in [0.1, 0.15) is 32.6 Å². The summed E-state index contributed by atoms with van der Waals surface area (Å²) in [5.74, 6) is 0.495. The van der Waals surface area contributed by atoms with E-state index in [0.717, 1.165) is 25.7 Å². The number of nitro groups is 1. The number of hydrogen-bond acceptors (Lipinski definition) is 4. The standard InChI is InChI=1S/C14H19ClN2O3/c1-10-3-2-6-14(8-10,9-18)16-12-5-4-11(15)7-13(12)17(19)20/h4-5,7,10,16,18H,2-3,6,8-9H2,1H3. The number of halogens is 1. The van der Waals surface area contributed by atoms with E-state index in [4.69, 9.17) is 11.6 Å². The van der Waals surface area contributed by atoms with Gasteiger partial charge < -0.3 is 10.4 Å². The van der Waals surface area contributed by atoms with E-state index in [1.807, 2.05) is 0 Å². The molecule has 0 heterocycles. The minimum atomic E-state index is -0.476. The van der Waals surface area contributed by atoms with Crippen molar-refractivity contribution >= 4 is 23.0 Å². The molecule has 2 unspecified atom stereocenters. The highest BCUT2D eigenvalue weighted by molar-refractivity contribution is 6.30. The summed E-state index contributed by atoms with van der Waals surface area (Å²) >= 11 is 5.81. The lowest BCUT2D eigenvalue weighted by atomic mass is 9.76. The molecule has 0 radical (unpaired) electrons. The van der Waals surface area contributed by atoms with Crippen molar-refractivity contribution in [2.45, 2.75) is 38.1 Å². The van der Waals surface area contributed by atoms with Gasteiger partial charge >= 0.3 is 0 Å². The van der Waals surface area contributed by atoms with Crippen molar-refractivity contribution in [3.63, 3.8) is 0 Å². The first-order valence-electron chi connectivity index (χ1n) is 6.79. The van der Waals surface area contributed by atoms with Gasteiger partial charge in [0.25, 0.3) is 5.69 Å². The molecule has 1 saturated carbocycles. The van der Waals surface area contributed by atoms with Gasteiger partial charge in [-0.25, -0.2) is 0 Å². The van der Waals surface area contributed by atoms with Crippen LogP contribution in [0.25, 0.3) is 0 Å². The normalized spacial score (nSPS) is 26.2. The van der Waals surface area contributed by atoms with E-state index in [-0.39, 0.29) is 12.3 Å². The summed E-state index contributed by atoms with van der Waals surface area (Å²) in [5.41, 5.74) is -0.109. The first-order valence-corrected chi connectivity index (χ1v) is 7.16. The fraction of sp³-hybridized carbons (Fsp3) is 0.571. The molecule has 1 aromatic carbocycles. The first-order chi connectivity index (χ1) is 9.46. The largest absolute Gasteiger partial charge is 0.394 e. The van der Waals surface area contributed by atoms with Crippen LogP contribution >= 0.6 is 11.6 Å². The second-order valence-electron chi connectivity index (χ2n) is 5.68. The summed E-state index contributed by atoms with van der Waals surface area (Å²) in [6.07, 6.45) is 3.76. The summed E-state index contributed by atoms with van der Waals surface area (Å²) in [6.45, 7) is 2.11. The zero-order valence-electron chi connectivity index (χ0n) is 11.4. The Kier molecular flexibility index (Phi) is 4.50. The van der Waals surface area contributed by atoms with Crippen LogP contribution in [0.3, 0.4) is 0 Å². The number of nitrogens with one attached hydrogen (secondary N) is 1. The summed E-state index contributed by atoms with van der Waals surface area (Å²) in [7, 11) is 0. The Hall–Kier alpha value is -1.33. The third-order valence-electron chi connectivity index (χ3n) is 3.95. The number of rotatable bonds is 4. The number of nitrogens with zero attached hydrogens (tertiary/aromatic N) is 1. The van der Waals surface area contributed by atoms with E-state index in [2.05, 4.69) is 12.2 Å². The molecular weight excluding hydrogens is 280 g/mol. The monoisotopic (exact) mass is 298 g/mol. The minimum Gasteiger partial charge on any atom is -0.394 e. The highest BCUT2D eigenvalue weighted by Gasteiger charge is 2.35. The van der Waals surface area contributed by atoms with Crippen molar-refractivity contribution in [2.24, 2.45) is 5.92 Å². The van der Waals surface area contributed by atoms with E-state index in [1.165, 1.54) is 6.07 Å². The SMILES string of the molecule is CC1CCCC(CO)(Nc2ccc(Cl)cc2[N+](=O)[O-])C1. The average molecular weight is 299 g/mol. The highest BCUT2D eigenvalue weighted by Crippen LogP contribution is 2.37. The maximum atomic E-state index is 11.1. The zero-order valence-corrected chi connectivity index (χ0v) is 12.2. The number of aliphatic hydroxyl groups excluding tert-OH is 1. The van der Waals surface area contributed by atoms with Gasteiger partial charge in [0.15, 0.2) is 0 Å². The number of anilines is 1. The van der Waals surface area contributed by atoms with Crippen molar-refractivity contribution in [2.75, 3.05) is 11.9 Å². The molecule has 2 N–H and O–H groups in total. The molecule has 1 fully saturated rings. The fourth-order valence-corrected chi connectivity index (χ4v) is 3.17. The van der Waals surface area contributed by atoms with E-state index in [1.54, 1.807) is 12.1 Å². The van der Waals surface area contributed by atoms with E-state index < -0.39 is 10.5 Å². The van der Waals surface area contributed by atoms with Gasteiger partial charge in [-0.05, 0) is 30.9 Å². The van der Waals surface area contributed by atoms with Crippen LogP contribution < -0.4 is 5.32 Å². The van der Waals surface area contributed by atoms with Gasteiger partial charge in [-0.2, -0.15) is 0 Å². The Labute approximate surface area is 123 Å². The van der Waals surface area contributed by atoms with Crippen molar-refractivity contribution in [3.8, 4) is 0 Å². The second-order valence-corrected chi connectivity index (χ2v) is 6.12. The Balaban J connectivity index is 2.30. The Bertz CT molecular complexity index is 509. The van der Waals surface area contributed by atoms with Crippen molar-refractivity contribution in [3.05, 3.63) is 33.3 Å². The number of aliphatic hydroxyl groups is 1. The molecule has 0 spiro atoms. The van der Waals surface area contributed by atoms with Crippen LogP contribution in [0, 0.1) is 16.0 Å². The molecule has 2 atom stereocenters. The van der Waals surface area contributed by atoms with Gasteiger partial charge in [0, 0.05) is 11.1 Å². The molecule has 1 aliphatic carbocycles. The maximum absolute atomic E-state index is 11.1. The molecular formula is C14H19ClN2O3. The third kappa shape index (κ3) is 3.22. The van der Waals surface area contributed by atoms with Crippen LogP contribution in [0.2, 0.25) is 5.02 Å². The summed E-state index contributed by atoms with van der Waals surface area (Å²) in [6, 6.07) is 4.56. The van der Waals surface area contributed by atoms with E-state index in [9.17, 15) is 15.2 Å². The van der Waals surface area contributed by atoms with Gasteiger partial charge in [0.1, 0.15) is 5.69 Å². The van der Waals surface area contributed by atoms with Crippen LogP contribution in [-0.2, 0) is 0 Å². The van der Waals surface area contributed by atoms with Gasteiger partial charge in [-0.3, -0.25) is 10.1 Å². The molecule has 1 aliphatic rings. The molecule has 5 nitrogen and oxygen atoms in total. The van der Waals surface area contributed by atoms with Crippen LogP contribution in [0.15, 0.2) is 18.2 Å². The molecule has 0 saturated heterocycles. The average Bonchev–Trinajstić information content (AvgIpc) is 2.40. The van der Waals surface area contributed by atoms with Gasteiger partial charge in [-0.1, -0.05) is 31.4 Å². The second kappa shape index (κ2) is 5.97. The lowest BCUT2D eigenvalue weighted by Crippen LogP contribution is -2.46. The lowest BCUT2D eigenvalue weighted by Gasteiger charge is -2.40. The van der Waals surface area contributed by atoms with Gasteiger partial charge in [0.2, 0.25) is 0 Å². The molecule has 0 aliphatic heterocycles. The summed E-state index contributed by atoms with van der Waals surface area (Å²) < 4.78 is 0. The molecule has 6 heteroatoms. The molecule has 110 valence electrons. The van der Waals surface area contributed by atoms with Crippen molar-refractivity contribution < 1.29 is 10.0 Å². The van der Waals surface area contributed by atoms with Gasteiger partial charge in [0.05, 0.1) is 17.1 Å². The first kappa shape index (κ1) is 15.1. The predicted octanol–water partition coefficient (Wildman–Crippen LogP) is 3.60. The Morgan fingerprint density at radius 1 is 1.60 bits per heavy atom. The maximum Gasteiger partial charge on any atom is 0.293 e. The highest BCUT2D eigenvalue weighted by atomic mass is 35.5. The van der Waals surface area contributed by atoms with E-state index >= 15 is 0 Å². The quantitative estimate of drug-likeness (QED) is 0.658. The Morgan fingerprint density at radius 2 is 2.35 bits per heavy atom. The smallest absolute Gasteiger partial charge is 0.293 e. The number of benzene rings is 1. The topological polar surface area (TPSA) is 75.4 Å². The molecule has 0 bridgehead atoms.